The monoisotopic (exact) mass is 1950 g/mol. The number of rotatable bonds is 20. The van der Waals surface area contributed by atoms with Crippen LogP contribution in [0.15, 0.2) is 124 Å². The highest BCUT2D eigenvalue weighted by Crippen LogP contribution is 2.51. The molecule has 2 heterocycles. The summed E-state index contributed by atoms with van der Waals surface area (Å²) in [5, 5.41) is 23.8. The molecular formula is C106H125BBr2F12O10. The SMILES string of the molecule is C.C.Cc1cc(-c2cc(C(C)(C)C)cc(C(C)(C)C)c2)c(O)c(-c2c(OCCCOc3cc(F)c(F)c(F)c3-c3cc(C)cc(-c4cc(C(C)(C)C)cc(C(C)(C)C)c4)c3O)cc(F)c(F)c2F)c1.Cc1cc(B2OC(C)(C)C(C)(C)O2)c(OC2CCCCO2)c(-c2cc(C(C)(C)C)cc(C(C)(C)C)c2)c1.Fc1cc(OCCCOc2cc(F)c(F)c(F)c2Br)c(Br)c(F)c1F. The zero-order valence-corrected chi connectivity index (χ0v) is 81.3. The Morgan fingerprint density at radius 1 is 0.359 bits per heavy atom. The molecule has 0 saturated carbocycles. The molecule has 0 radical (unpaired) electrons. The minimum absolute atomic E-state index is 0. The zero-order chi connectivity index (χ0) is 96.0. The maximum atomic E-state index is 16.0. The van der Waals surface area contributed by atoms with E-state index in [9.17, 15) is 45.3 Å². The van der Waals surface area contributed by atoms with Gasteiger partial charge in [0.15, 0.2) is 76.1 Å². The molecule has 2 N–H and O–H groups in total. The molecular weight excluding hydrogens is 1830 g/mol. The highest BCUT2D eigenvalue weighted by atomic mass is 79.9. The largest absolute Gasteiger partial charge is 0.507 e. The molecule has 710 valence electrons. The van der Waals surface area contributed by atoms with Crippen LogP contribution < -0.4 is 29.1 Å². The molecule has 0 aromatic heterocycles. The first-order valence-corrected chi connectivity index (χ1v) is 44.7. The van der Waals surface area contributed by atoms with Crippen molar-refractivity contribution >= 4 is 44.4 Å². The number of phenols is 2. The molecule has 10 aromatic rings. The lowest BCUT2D eigenvalue weighted by atomic mass is 9.74. The first-order valence-electron chi connectivity index (χ1n) is 43.1. The minimum atomic E-state index is -1.76. The van der Waals surface area contributed by atoms with Gasteiger partial charge in [0.1, 0.15) is 40.2 Å². The van der Waals surface area contributed by atoms with Gasteiger partial charge in [-0.3, -0.25) is 0 Å². The molecule has 25 heteroatoms. The van der Waals surface area contributed by atoms with Crippen LogP contribution >= 0.6 is 31.9 Å². The van der Waals surface area contributed by atoms with Gasteiger partial charge in [-0.2, -0.15) is 0 Å². The van der Waals surface area contributed by atoms with Crippen molar-refractivity contribution in [2.75, 3.05) is 33.0 Å². The van der Waals surface area contributed by atoms with Crippen LogP contribution in [0.3, 0.4) is 0 Å². The average Bonchev–Trinajstić information content (AvgIpc) is 1.35. The molecule has 12 rings (SSSR count). The van der Waals surface area contributed by atoms with Crippen molar-refractivity contribution in [3.8, 4) is 95.9 Å². The summed E-state index contributed by atoms with van der Waals surface area (Å²) in [5.41, 5.74) is 10.9. The lowest BCUT2D eigenvalue weighted by molar-refractivity contribution is -0.105. The van der Waals surface area contributed by atoms with Crippen LogP contribution in [0.1, 0.15) is 249 Å². The second kappa shape index (κ2) is 41.4. The number of hydrogen-bond acceptors (Lipinski definition) is 10. The fourth-order valence-corrected chi connectivity index (χ4v) is 15.4. The van der Waals surface area contributed by atoms with Crippen molar-refractivity contribution in [3.63, 3.8) is 0 Å². The summed E-state index contributed by atoms with van der Waals surface area (Å²) in [4.78, 5) is 0. The summed E-state index contributed by atoms with van der Waals surface area (Å²) >= 11 is 5.48. The third-order valence-corrected chi connectivity index (χ3v) is 24.6. The fourth-order valence-electron chi connectivity index (χ4n) is 14.6. The molecule has 2 fully saturated rings. The Morgan fingerprint density at radius 3 is 0.939 bits per heavy atom. The number of phenolic OH excluding ortho intramolecular Hbond substituents is 2. The van der Waals surface area contributed by atoms with E-state index in [4.69, 9.17) is 37.7 Å². The summed E-state index contributed by atoms with van der Waals surface area (Å²) in [5.74, 6) is -19.9. The Bertz CT molecular complexity index is 5450. The zero-order valence-electron chi connectivity index (χ0n) is 78.1. The van der Waals surface area contributed by atoms with E-state index in [-0.39, 0.29) is 136 Å². The van der Waals surface area contributed by atoms with Crippen molar-refractivity contribution in [3.05, 3.63) is 244 Å². The molecule has 131 heavy (non-hydrogen) atoms. The van der Waals surface area contributed by atoms with Crippen LogP contribution in [-0.4, -0.2) is 67.9 Å². The van der Waals surface area contributed by atoms with E-state index in [0.717, 1.165) is 76.0 Å². The Labute approximate surface area is 783 Å². The van der Waals surface area contributed by atoms with E-state index < -0.39 is 111 Å². The number of aromatic hydroxyl groups is 2. The maximum absolute atomic E-state index is 16.0. The highest BCUT2D eigenvalue weighted by molar-refractivity contribution is 9.11. The van der Waals surface area contributed by atoms with Gasteiger partial charge in [-0.25, -0.2) is 52.7 Å². The van der Waals surface area contributed by atoms with Crippen molar-refractivity contribution in [2.24, 2.45) is 0 Å². The van der Waals surface area contributed by atoms with E-state index in [2.05, 4.69) is 234 Å². The maximum Gasteiger partial charge on any atom is 0.498 e. The number of aryl methyl sites for hydroxylation is 3. The summed E-state index contributed by atoms with van der Waals surface area (Å²) < 4.78 is 218. The third-order valence-electron chi connectivity index (χ3n) is 23.1. The second-order valence-electron chi connectivity index (χ2n) is 40.5. The predicted octanol–water partition coefficient (Wildman–Crippen LogP) is 30.9. The van der Waals surface area contributed by atoms with E-state index in [1.807, 2.05) is 24.3 Å². The van der Waals surface area contributed by atoms with Gasteiger partial charge in [0.25, 0.3) is 0 Å². The number of benzene rings is 10. The molecule has 2 aliphatic heterocycles. The first kappa shape index (κ1) is 107. The van der Waals surface area contributed by atoms with E-state index >= 15 is 17.6 Å². The second-order valence-corrected chi connectivity index (χ2v) is 42.1. The van der Waals surface area contributed by atoms with Gasteiger partial charge in [0.2, 0.25) is 0 Å². The van der Waals surface area contributed by atoms with Crippen molar-refractivity contribution in [1.29, 1.82) is 0 Å². The van der Waals surface area contributed by atoms with Crippen molar-refractivity contribution < 1.29 is 101 Å². The Kier molecular flexibility index (Phi) is 33.9. The van der Waals surface area contributed by atoms with Crippen LogP contribution in [0, 0.1) is 90.6 Å². The molecule has 10 aromatic carbocycles. The minimum Gasteiger partial charge on any atom is -0.507 e. The quantitative estimate of drug-likeness (QED) is 0.0251. The lowest BCUT2D eigenvalue weighted by Crippen LogP contribution is -2.41. The summed E-state index contributed by atoms with van der Waals surface area (Å²) in [6.07, 6.45) is 2.88. The molecule has 10 nitrogen and oxygen atoms in total. The van der Waals surface area contributed by atoms with Gasteiger partial charge in [0, 0.05) is 76.8 Å². The van der Waals surface area contributed by atoms with Crippen LogP contribution in [0.5, 0.6) is 40.2 Å². The molecule has 1 unspecified atom stereocenters. The molecule has 2 aliphatic rings. The van der Waals surface area contributed by atoms with E-state index in [1.54, 1.807) is 26.0 Å². The summed E-state index contributed by atoms with van der Waals surface area (Å²) in [7, 11) is -0.518. The van der Waals surface area contributed by atoms with Gasteiger partial charge in [-0.05, 0) is 217 Å². The predicted molar refractivity (Wildman–Crippen MR) is 509 cm³/mol. The molecule has 0 amide bonds. The van der Waals surface area contributed by atoms with Crippen molar-refractivity contribution in [2.45, 2.75) is 270 Å². The normalized spacial score (nSPS) is 14.6. The van der Waals surface area contributed by atoms with Gasteiger partial charge in [0.05, 0.1) is 64.3 Å². The van der Waals surface area contributed by atoms with Gasteiger partial charge < -0.3 is 47.9 Å². The third kappa shape index (κ3) is 24.9. The Balaban J connectivity index is 0.000000275. The summed E-state index contributed by atoms with van der Waals surface area (Å²) in [6.45, 7) is 52.4. The average molecular weight is 1960 g/mol. The fraction of sp³-hybridized carbons (Fsp3) is 0.434. The van der Waals surface area contributed by atoms with E-state index in [1.165, 1.54) is 23.3 Å². The molecule has 0 bridgehead atoms. The van der Waals surface area contributed by atoms with Gasteiger partial charge in [-0.1, -0.05) is 206 Å². The van der Waals surface area contributed by atoms with Crippen molar-refractivity contribution in [1.82, 2.24) is 0 Å². The molecule has 1 atom stereocenters. The van der Waals surface area contributed by atoms with Gasteiger partial charge in [-0.15, -0.1) is 0 Å². The Hall–Kier alpha value is -9.14. The van der Waals surface area contributed by atoms with E-state index in [0.29, 0.717) is 57.6 Å². The standard InChI is InChI=1S/C57H62F6O4.C32H47BO4.C15H8Br2F6O2.2CH4/c1-30-18-38(32-22-34(54(3,4)5)26-35(23-32)55(6,7)8)52(64)40(20-30)46-44(28-42(58)48(60)50(46)62)66-16-15-17-67-45-29-43(59)49(61)51(63)47(45)41-21-31(2)19-39(53(41)65)33-24-36(56(9,10)11)27-37(25-33)57(12,13)14;1-21-16-25(22-18-23(29(2,3)4)20-24(19-22)30(5,6)7)28(35-27-14-12-13-15-34-27)26(17-21)33-36-31(8,9)32(10,11)37-33;16-10-8(4-6(18)12(20)14(10)22)24-2-1-3-25-9-5-7(19)13(21)15(23)11(9)17;;/h18-29,64-65H,15-17H2,1-14H3;16-20,27H,12-15H2,1-11H3;4-5H,1-3H2;2*1H4. The molecule has 2 saturated heterocycles. The smallest absolute Gasteiger partial charge is 0.498 e. The molecule has 0 spiro atoms. The highest BCUT2D eigenvalue weighted by Gasteiger charge is 2.53. The number of hydrogen-bond donors (Lipinski definition) is 2. The Morgan fingerprint density at radius 2 is 0.634 bits per heavy atom. The first-order chi connectivity index (χ1) is 59.6. The number of halogens is 14. The topological polar surface area (TPSA) is 114 Å². The van der Waals surface area contributed by atoms with Crippen LogP contribution in [-0.2, 0) is 46.5 Å². The van der Waals surface area contributed by atoms with Crippen LogP contribution in [0.2, 0.25) is 0 Å². The van der Waals surface area contributed by atoms with Crippen LogP contribution in [0.4, 0.5) is 52.7 Å². The number of ether oxygens (including phenoxy) is 6. The molecule has 0 aliphatic carbocycles. The summed E-state index contributed by atoms with van der Waals surface area (Å²) in [6, 6.07) is 32.5. The van der Waals surface area contributed by atoms with Crippen LogP contribution in [0.25, 0.3) is 55.6 Å². The van der Waals surface area contributed by atoms with Gasteiger partial charge >= 0.3 is 7.12 Å². The lowest BCUT2D eigenvalue weighted by Gasteiger charge is -2.32.